The average Bonchev–Trinajstić information content (AvgIpc) is 2.91. The van der Waals surface area contributed by atoms with Crippen molar-refractivity contribution < 1.29 is 69.2 Å². The van der Waals surface area contributed by atoms with Crippen LogP contribution in [0.1, 0.15) is 25.3 Å². The molecule has 0 aliphatic rings. The number of nitrogens with two attached hydrogens (primary N) is 1. The van der Waals surface area contributed by atoms with Gasteiger partial charge in [-0.25, -0.2) is 4.79 Å². The molecule has 0 fully saturated rings. The highest BCUT2D eigenvalue weighted by Crippen LogP contribution is 2.35. The standard InChI is InChI=1S/C20H29N3.C2F6.C2HF3O2.2CH2O2/c1-17(21)12-15-22-13-5-14-23-16-18-8-10-20(11-9-18)19-6-3-2-4-7-19;3-1(4,5)2(6,7)8;3-2(4,5)1(6)7;2*2-1-3/h2-4,6-11,17,22-23H,5,12-16,21H2,1H3;;(H,6,7);2*1H,(H,2,3). The molecule has 2 rings (SSSR count). The number of aliphatic carboxylic acids is 1. The van der Waals surface area contributed by atoms with Crippen LogP contribution in [0.3, 0.4) is 0 Å². The normalized spacial score (nSPS) is 11.3. The summed E-state index contributed by atoms with van der Waals surface area (Å²) >= 11 is 0. The fourth-order valence-corrected chi connectivity index (χ4v) is 2.47. The maximum absolute atomic E-state index is 10.6. The van der Waals surface area contributed by atoms with Gasteiger partial charge in [-0.05, 0) is 56.1 Å². The summed E-state index contributed by atoms with van der Waals surface area (Å²) in [6, 6.07) is 19.6. The molecule has 0 aliphatic carbocycles. The molecule has 0 bridgehead atoms. The largest absolute Gasteiger partial charge is 0.490 e. The minimum atomic E-state index is -6.06. The van der Waals surface area contributed by atoms with E-state index in [1.165, 1.54) is 16.7 Å². The number of carboxylic acid groups (broad SMARTS) is 3. The quantitative estimate of drug-likeness (QED) is 0.113. The van der Waals surface area contributed by atoms with E-state index >= 15 is 0 Å². The lowest BCUT2D eigenvalue weighted by Gasteiger charge is -2.08. The summed E-state index contributed by atoms with van der Waals surface area (Å²) in [5.74, 6) is -2.76. The molecule has 1 unspecified atom stereocenters. The molecular formula is C26H34F9N3O6. The van der Waals surface area contributed by atoms with Crippen LogP contribution >= 0.6 is 0 Å². The molecule has 7 N–H and O–H groups in total. The first-order valence-electron chi connectivity index (χ1n) is 12.2. The highest BCUT2D eigenvalue weighted by Gasteiger charge is 2.58. The van der Waals surface area contributed by atoms with E-state index in [9.17, 15) is 39.5 Å². The van der Waals surface area contributed by atoms with Crippen LogP contribution < -0.4 is 16.4 Å². The summed E-state index contributed by atoms with van der Waals surface area (Å²) in [7, 11) is 0. The summed E-state index contributed by atoms with van der Waals surface area (Å²) in [6.45, 7) is 5.57. The van der Waals surface area contributed by atoms with Gasteiger partial charge >= 0.3 is 24.5 Å². The van der Waals surface area contributed by atoms with E-state index < -0.39 is 24.5 Å². The van der Waals surface area contributed by atoms with Crippen molar-refractivity contribution >= 4 is 18.9 Å². The number of hydrogen-bond acceptors (Lipinski definition) is 6. The third-order valence-electron chi connectivity index (χ3n) is 4.44. The van der Waals surface area contributed by atoms with Crippen molar-refractivity contribution in [2.24, 2.45) is 5.73 Å². The summed E-state index contributed by atoms with van der Waals surface area (Å²) in [4.78, 5) is 25.6. The van der Waals surface area contributed by atoms with Gasteiger partial charge in [0, 0.05) is 12.6 Å². The van der Waals surface area contributed by atoms with E-state index in [-0.39, 0.29) is 12.9 Å². The number of nitrogens with one attached hydrogen (secondary N) is 2. The average molecular weight is 656 g/mol. The Morgan fingerprint density at radius 3 is 1.52 bits per heavy atom. The van der Waals surface area contributed by atoms with Gasteiger partial charge in [-0.15, -0.1) is 0 Å². The lowest BCUT2D eigenvalue weighted by atomic mass is 10.0. The minimum absolute atomic E-state index is 0.250. The Morgan fingerprint density at radius 2 is 1.16 bits per heavy atom. The van der Waals surface area contributed by atoms with Crippen LogP contribution in [-0.2, 0) is 20.9 Å². The molecule has 0 radical (unpaired) electrons. The molecule has 44 heavy (non-hydrogen) atoms. The smallest absolute Gasteiger partial charge is 0.483 e. The highest BCUT2D eigenvalue weighted by molar-refractivity contribution is 5.73. The topological polar surface area (TPSA) is 162 Å². The zero-order valence-corrected chi connectivity index (χ0v) is 23.2. The summed E-state index contributed by atoms with van der Waals surface area (Å²) in [5.41, 5.74) is 9.58. The Bertz CT molecular complexity index is 986. The fourth-order valence-electron chi connectivity index (χ4n) is 2.47. The van der Waals surface area contributed by atoms with Gasteiger partial charge < -0.3 is 31.7 Å². The van der Waals surface area contributed by atoms with Gasteiger partial charge in [-0.3, -0.25) is 9.59 Å². The van der Waals surface area contributed by atoms with Crippen LogP contribution in [0.25, 0.3) is 11.1 Å². The SMILES string of the molecule is CC(N)CCNCCCNCc1ccc(-c2ccccc2)cc1.FC(F)(F)C(F)(F)F.O=C(O)C(F)(F)F.O=CO.O=CO. The van der Waals surface area contributed by atoms with Gasteiger partial charge in [0.25, 0.3) is 12.9 Å². The van der Waals surface area contributed by atoms with Gasteiger partial charge in [0.15, 0.2) is 0 Å². The molecule has 0 heterocycles. The molecule has 0 saturated carbocycles. The van der Waals surface area contributed by atoms with Gasteiger partial charge in [0.2, 0.25) is 0 Å². The molecule has 2 aromatic carbocycles. The minimum Gasteiger partial charge on any atom is -0.483 e. The zero-order valence-electron chi connectivity index (χ0n) is 23.2. The number of alkyl halides is 9. The van der Waals surface area contributed by atoms with E-state index in [2.05, 4.69) is 59.2 Å². The third kappa shape index (κ3) is 27.0. The van der Waals surface area contributed by atoms with Crippen molar-refractivity contribution in [3.8, 4) is 11.1 Å². The van der Waals surface area contributed by atoms with Crippen LogP contribution in [0.2, 0.25) is 0 Å². The lowest BCUT2D eigenvalue weighted by Crippen LogP contribution is -2.30. The Kier molecular flexibility index (Phi) is 24.8. The zero-order chi connectivity index (χ0) is 34.8. The van der Waals surface area contributed by atoms with Gasteiger partial charge in [-0.2, -0.15) is 39.5 Å². The molecule has 2 aromatic rings. The monoisotopic (exact) mass is 655 g/mol. The molecule has 0 aliphatic heterocycles. The number of rotatable bonds is 10. The van der Waals surface area contributed by atoms with Crippen LogP contribution in [-0.4, -0.2) is 78.4 Å². The van der Waals surface area contributed by atoms with E-state index in [1.54, 1.807) is 0 Å². The molecule has 1 atom stereocenters. The number of halogens is 9. The van der Waals surface area contributed by atoms with Gasteiger partial charge in [-0.1, -0.05) is 54.6 Å². The maximum atomic E-state index is 10.6. The Hall–Kier alpha value is -3.90. The summed E-state index contributed by atoms with van der Waals surface area (Å²) in [5, 5.41) is 27.8. The second-order valence-electron chi connectivity index (χ2n) is 8.12. The molecule has 9 nitrogen and oxygen atoms in total. The van der Waals surface area contributed by atoms with Crippen molar-refractivity contribution in [1.29, 1.82) is 0 Å². The highest BCUT2D eigenvalue weighted by atomic mass is 19.5. The molecular weight excluding hydrogens is 621 g/mol. The predicted molar refractivity (Wildman–Crippen MR) is 143 cm³/mol. The van der Waals surface area contributed by atoms with Gasteiger partial charge in [0.1, 0.15) is 0 Å². The van der Waals surface area contributed by atoms with Gasteiger partial charge in [0.05, 0.1) is 0 Å². The number of hydrogen-bond donors (Lipinski definition) is 6. The predicted octanol–water partition coefficient (Wildman–Crippen LogP) is 5.31. The Labute approximate surface area is 246 Å². The van der Waals surface area contributed by atoms with E-state index in [4.69, 9.17) is 35.4 Å². The second-order valence-corrected chi connectivity index (χ2v) is 8.12. The van der Waals surface area contributed by atoms with E-state index in [0.29, 0.717) is 6.04 Å². The first kappa shape index (κ1) is 44.5. The first-order chi connectivity index (χ1) is 20.3. The van der Waals surface area contributed by atoms with E-state index in [0.717, 1.165) is 39.0 Å². The lowest BCUT2D eigenvalue weighted by molar-refractivity contribution is -0.339. The maximum Gasteiger partial charge on any atom is 0.490 e. The van der Waals surface area contributed by atoms with E-state index in [1.807, 2.05) is 13.0 Å². The first-order valence-corrected chi connectivity index (χ1v) is 12.2. The van der Waals surface area contributed by atoms with Crippen molar-refractivity contribution in [3.05, 3.63) is 60.2 Å². The van der Waals surface area contributed by atoms with Crippen LogP contribution in [0, 0.1) is 0 Å². The molecule has 18 heteroatoms. The van der Waals surface area contributed by atoms with Crippen molar-refractivity contribution in [2.75, 3.05) is 19.6 Å². The van der Waals surface area contributed by atoms with Crippen molar-refractivity contribution in [2.45, 2.75) is 50.9 Å². The molecule has 0 spiro atoms. The third-order valence-corrected chi connectivity index (χ3v) is 4.44. The van der Waals surface area contributed by atoms with Crippen LogP contribution in [0.15, 0.2) is 54.6 Å². The molecule has 0 amide bonds. The van der Waals surface area contributed by atoms with Crippen LogP contribution in [0.5, 0.6) is 0 Å². The van der Waals surface area contributed by atoms with Crippen molar-refractivity contribution in [1.82, 2.24) is 10.6 Å². The van der Waals surface area contributed by atoms with Crippen LogP contribution in [0.4, 0.5) is 39.5 Å². The fraction of sp³-hybridized carbons (Fsp3) is 0.423. The number of carbonyl (C=O) groups is 3. The van der Waals surface area contributed by atoms with Crippen molar-refractivity contribution in [3.63, 3.8) is 0 Å². The molecule has 0 aromatic heterocycles. The second kappa shape index (κ2) is 24.5. The Balaban J connectivity index is -0.000000655. The summed E-state index contributed by atoms with van der Waals surface area (Å²) < 4.78 is 94.4. The molecule has 252 valence electrons. The number of carboxylic acids is 1. The Morgan fingerprint density at radius 1 is 0.773 bits per heavy atom. The molecule has 0 saturated heterocycles. The summed E-state index contributed by atoms with van der Waals surface area (Å²) in [6.07, 6.45) is -15.0. The number of benzene rings is 2.